The minimum absolute atomic E-state index is 0.0183. The minimum atomic E-state index is -1.07. The van der Waals surface area contributed by atoms with Gasteiger partial charge < -0.3 is 14.0 Å². The second-order valence-electron chi connectivity index (χ2n) is 5.66. The number of ether oxygens (including phenoxy) is 1. The lowest BCUT2D eigenvalue weighted by atomic mass is 10.1. The van der Waals surface area contributed by atoms with E-state index in [9.17, 15) is 19.2 Å². The van der Waals surface area contributed by atoms with Crippen LogP contribution in [0.15, 0.2) is 33.5 Å². The number of rotatable bonds is 4. The topological polar surface area (TPSA) is 103 Å². The van der Waals surface area contributed by atoms with Crippen molar-refractivity contribution in [3.8, 4) is 5.75 Å². The maximum Gasteiger partial charge on any atom is 0.372 e. The van der Waals surface area contributed by atoms with Crippen molar-refractivity contribution < 1.29 is 28.4 Å². The van der Waals surface area contributed by atoms with Crippen LogP contribution in [0.5, 0.6) is 5.75 Å². The number of carbonyl (C=O) groups excluding carboxylic acids is 3. The highest BCUT2D eigenvalue weighted by Gasteiger charge is 2.34. The molecule has 0 bridgehead atoms. The molecule has 8 heteroatoms. The van der Waals surface area contributed by atoms with E-state index in [1.54, 1.807) is 19.1 Å². The van der Waals surface area contributed by atoms with E-state index >= 15 is 0 Å². The molecule has 2 heterocycles. The van der Waals surface area contributed by atoms with Crippen LogP contribution in [0.4, 0.5) is 0 Å². The molecule has 2 amide bonds. The van der Waals surface area contributed by atoms with E-state index in [4.69, 9.17) is 14.0 Å². The fourth-order valence-corrected chi connectivity index (χ4v) is 2.45. The second-order valence-corrected chi connectivity index (χ2v) is 5.66. The van der Waals surface area contributed by atoms with Crippen LogP contribution >= 0.6 is 0 Å². The van der Waals surface area contributed by atoms with Gasteiger partial charge in [0.1, 0.15) is 11.3 Å². The number of imide groups is 1. The van der Waals surface area contributed by atoms with Crippen molar-refractivity contribution >= 4 is 28.8 Å². The van der Waals surface area contributed by atoms with E-state index in [2.05, 4.69) is 0 Å². The third-order valence-electron chi connectivity index (χ3n) is 3.75. The summed E-state index contributed by atoms with van der Waals surface area (Å²) in [4.78, 5) is 51.2. The van der Waals surface area contributed by atoms with Crippen LogP contribution in [-0.2, 0) is 19.2 Å². The molecule has 1 fully saturated rings. The number of benzene rings is 1. The maximum absolute atomic E-state index is 12.0. The Morgan fingerprint density at radius 2 is 1.84 bits per heavy atom. The van der Waals surface area contributed by atoms with Crippen LogP contribution in [0, 0.1) is 6.92 Å². The van der Waals surface area contributed by atoms with Gasteiger partial charge >= 0.3 is 11.6 Å². The van der Waals surface area contributed by atoms with Crippen molar-refractivity contribution in [2.45, 2.75) is 32.8 Å². The van der Waals surface area contributed by atoms with E-state index in [0.717, 1.165) is 10.9 Å². The zero-order chi connectivity index (χ0) is 18.1. The molecular weight excluding hydrogens is 330 g/mol. The highest BCUT2D eigenvalue weighted by atomic mass is 16.7. The Morgan fingerprint density at radius 3 is 2.52 bits per heavy atom. The zero-order valence-corrected chi connectivity index (χ0v) is 13.6. The number of carbonyl (C=O) groups is 3. The summed E-state index contributed by atoms with van der Waals surface area (Å²) in [6, 6.07) is 6.19. The molecule has 0 radical (unpaired) electrons. The van der Waals surface area contributed by atoms with Gasteiger partial charge in [0, 0.05) is 30.4 Å². The van der Waals surface area contributed by atoms with Gasteiger partial charge in [0.25, 0.3) is 11.8 Å². The first-order chi connectivity index (χ1) is 11.8. The fourth-order valence-electron chi connectivity index (χ4n) is 2.45. The van der Waals surface area contributed by atoms with Crippen LogP contribution in [-0.4, -0.2) is 29.0 Å². The number of nitrogens with zero attached hydrogens (tertiary/aromatic N) is 1. The average molecular weight is 345 g/mol. The molecular formula is C17H15NO7. The molecule has 130 valence electrons. The number of hydroxylamine groups is 2. The molecule has 3 rings (SSSR count). The molecule has 1 aliphatic rings. The van der Waals surface area contributed by atoms with Crippen LogP contribution in [0.3, 0.4) is 0 Å². The molecule has 1 atom stereocenters. The van der Waals surface area contributed by atoms with Crippen LogP contribution in [0.25, 0.3) is 11.0 Å². The Labute approximate surface area is 141 Å². The summed E-state index contributed by atoms with van der Waals surface area (Å²) in [5, 5.41) is 1.21. The second kappa shape index (κ2) is 6.39. The highest BCUT2D eigenvalue weighted by Crippen LogP contribution is 2.23. The number of aryl methyl sites for hydroxylation is 1. The van der Waals surface area contributed by atoms with Gasteiger partial charge in [-0.25, -0.2) is 9.59 Å². The van der Waals surface area contributed by atoms with Gasteiger partial charge in [-0.3, -0.25) is 9.59 Å². The largest absolute Gasteiger partial charge is 0.479 e. The van der Waals surface area contributed by atoms with Crippen molar-refractivity contribution in [1.29, 1.82) is 0 Å². The number of amides is 2. The molecule has 0 spiro atoms. The normalized spacial score (nSPS) is 15.5. The molecule has 1 saturated heterocycles. The van der Waals surface area contributed by atoms with Crippen molar-refractivity contribution in [3.63, 3.8) is 0 Å². The predicted molar refractivity (Wildman–Crippen MR) is 84.5 cm³/mol. The van der Waals surface area contributed by atoms with Gasteiger partial charge in [0.15, 0.2) is 6.10 Å². The average Bonchev–Trinajstić information content (AvgIpc) is 2.86. The lowest BCUT2D eigenvalue weighted by Crippen LogP contribution is -2.37. The van der Waals surface area contributed by atoms with E-state index in [1.165, 1.54) is 19.1 Å². The monoisotopic (exact) mass is 345 g/mol. The predicted octanol–water partition coefficient (Wildman–Crippen LogP) is 1.48. The summed E-state index contributed by atoms with van der Waals surface area (Å²) < 4.78 is 10.6. The van der Waals surface area contributed by atoms with Crippen molar-refractivity contribution in [2.24, 2.45) is 0 Å². The van der Waals surface area contributed by atoms with Gasteiger partial charge in [0.05, 0.1) is 0 Å². The van der Waals surface area contributed by atoms with Crippen LogP contribution < -0.4 is 10.4 Å². The summed E-state index contributed by atoms with van der Waals surface area (Å²) in [7, 11) is 0. The van der Waals surface area contributed by atoms with Gasteiger partial charge in [-0.15, -0.1) is 5.06 Å². The number of fused-ring (bicyclic) bond motifs is 1. The summed E-state index contributed by atoms with van der Waals surface area (Å²) in [5.41, 5.74) is 0.602. The Morgan fingerprint density at radius 1 is 1.16 bits per heavy atom. The molecule has 0 N–H and O–H groups in total. The molecule has 1 aliphatic heterocycles. The smallest absolute Gasteiger partial charge is 0.372 e. The van der Waals surface area contributed by atoms with Gasteiger partial charge in [-0.1, -0.05) is 0 Å². The van der Waals surface area contributed by atoms with Crippen molar-refractivity contribution in [2.75, 3.05) is 0 Å². The Kier molecular flexibility index (Phi) is 4.26. The fraction of sp³-hybridized carbons (Fsp3) is 0.294. The van der Waals surface area contributed by atoms with Gasteiger partial charge in [-0.2, -0.15) is 0 Å². The van der Waals surface area contributed by atoms with Crippen LogP contribution in [0.2, 0.25) is 0 Å². The molecule has 1 aromatic heterocycles. The number of hydrogen-bond acceptors (Lipinski definition) is 7. The third-order valence-corrected chi connectivity index (χ3v) is 3.75. The molecule has 1 unspecified atom stereocenters. The minimum Gasteiger partial charge on any atom is -0.479 e. The molecule has 0 aliphatic carbocycles. The van der Waals surface area contributed by atoms with Crippen molar-refractivity contribution in [1.82, 2.24) is 5.06 Å². The van der Waals surface area contributed by atoms with Gasteiger partial charge in [0.2, 0.25) is 0 Å². The first-order valence-electron chi connectivity index (χ1n) is 7.64. The molecule has 2 aromatic rings. The van der Waals surface area contributed by atoms with E-state index in [1.807, 2.05) is 0 Å². The lowest BCUT2D eigenvalue weighted by Gasteiger charge is -2.17. The van der Waals surface area contributed by atoms with Crippen molar-refractivity contribution in [3.05, 3.63) is 40.2 Å². The van der Waals surface area contributed by atoms with E-state index < -0.39 is 29.5 Å². The highest BCUT2D eigenvalue weighted by molar-refractivity contribution is 6.01. The number of hydrogen-bond donors (Lipinski definition) is 0. The Hall–Kier alpha value is -3.16. The summed E-state index contributed by atoms with van der Waals surface area (Å²) in [6.07, 6.45) is -1.04. The maximum atomic E-state index is 12.0. The summed E-state index contributed by atoms with van der Waals surface area (Å²) in [5.74, 6) is -1.72. The van der Waals surface area contributed by atoms with E-state index in [-0.39, 0.29) is 18.6 Å². The molecule has 0 saturated carbocycles. The molecule has 25 heavy (non-hydrogen) atoms. The standard InChI is InChI=1S/C17H15NO7/c1-9-7-16(21)24-13-8-11(3-4-12(9)13)23-10(2)17(22)25-18-14(19)5-6-15(18)20/h3-4,7-8,10H,5-6H2,1-2H3. The zero-order valence-electron chi connectivity index (χ0n) is 13.6. The molecule has 8 nitrogen and oxygen atoms in total. The molecule has 1 aromatic carbocycles. The summed E-state index contributed by atoms with van der Waals surface area (Å²) in [6.45, 7) is 3.20. The van der Waals surface area contributed by atoms with Crippen LogP contribution in [0.1, 0.15) is 25.3 Å². The first kappa shape index (κ1) is 16.7. The summed E-state index contributed by atoms with van der Waals surface area (Å²) >= 11 is 0. The quantitative estimate of drug-likeness (QED) is 0.610. The SMILES string of the molecule is Cc1cc(=O)oc2cc(OC(C)C(=O)ON3C(=O)CCC3=O)ccc12. The first-order valence-corrected chi connectivity index (χ1v) is 7.64. The van der Waals surface area contributed by atoms with E-state index in [0.29, 0.717) is 10.6 Å². The lowest BCUT2D eigenvalue weighted by molar-refractivity contribution is -0.201. The third kappa shape index (κ3) is 3.37. The Bertz CT molecular complexity index is 914. The van der Waals surface area contributed by atoms with Gasteiger partial charge in [-0.05, 0) is 31.5 Å². The Balaban J connectivity index is 1.74.